The molecule has 2 heterocycles. The van der Waals surface area contributed by atoms with E-state index in [4.69, 9.17) is 5.11 Å². The first-order valence-electron chi connectivity index (χ1n) is 4.92. The molecule has 0 saturated heterocycles. The van der Waals surface area contributed by atoms with Crippen LogP contribution in [0.5, 0.6) is 0 Å². The van der Waals surface area contributed by atoms with Crippen molar-refractivity contribution in [3.63, 3.8) is 0 Å². The number of nitrogens with zero attached hydrogens (tertiary/aromatic N) is 2. The first kappa shape index (κ1) is 9.71. The van der Waals surface area contributed by atoms with E-state index in [1.54, 1.807) is 22.7 Å². The van der Waals surface area contributed by atoms with Crippen molar-refractivity contribution in [2.45, 2.75) is 19.8 Å². The lowest BCUT2D eigenvalue weighted by atomic mass is 10.3. The van der Waals surface area contributed by atoms with Gasteiger partial charge < -0.3 is 5.11 Å². The van der Waals surface area contributed by atoms with Crippen LogP contribution in [0.15, 0.2) is 24.4 Å². The molecule has 0 radical (unpaired) electrons. The van der Waals surface area contributed by atoms with Crippen molar-refractivity contribution in [3.05, 3.63) is 35.8 Å². The van der Waals surface area contributed by atoms with Gasteiger partial charge in [-0.05, 0) is 18.6 Å². The molecule has 0 amide bonds. The van der Waals surface area contributed by atoms with Gasteiger partial charge in [-0.3, -0.25) is 4.40 Å². The number of pyridine rings is 1. The highest BCUT2D eigenvalue weighted by Crippen LogP contribution is 2.10. The van der Waals surface area contributed by atoms with Crippen LogP contribution in [0, 0.1) is 0 Å². The minimum absolute atomic E-state index is 0.252. The van der Waals surface area contributed by atoms with Crippen LogP contribution in [0.2, 0.25) is 0 Å². The average molecular weight is 204 g/mol. The largest absolute Gasteiger partial charge is 0.477 e. The molecule has 0 aromatic carbocycles. The summed E-state index contributed by atoms with van der Waals surface area (Å²) in [6, 6.07) is 5.10. The molecule has 15 heavy (non-hydrogen) atoms. The van der Waals surface area contributed by atoms with Gasteiger partial charge in [0.05, 0.1) is 5.69 Å². The maximum absolute atomic E-state index is 10.9. The summed E-state index contributed by atoms with van der Waals surface area (Å²) in [7, 11) is 0. The first-order chi connectivity index (χ1) is 7.22. The lowest BCUT2D eigenvalue weighted by molar-refractivity contribution is 0.0689. The minimum Gasteiger partial charge on any atom is -0.477 e. The maximum Gasteiger partial charge on any atom is 0.352 e. The normalized spacial score (nSPS) is 10.7. The molecule has 4 heteroatoms. The van der Waals surface area contributed by atoms with Crippen molar-refractivity contribution in [2.24, 2.45) is 0 Å². The Morgan fingerprint density at radius 1 is 1.53 bits per heavy atom. The number of aromatic carboxylic acids is 1. The molecule has 0 fully saturated rings. The Hall–Kier alpha value is -1.84. The lowest BCUT2D eigenvalue weighted by Gasteiger charge is -1.97. The van der Waals surface area contributed by atoms with Gasteiger partial charge in [0.15, 0.2) is 0 Å². The zero-order valence-electron chi connectivity index (χ0n) is 8.47. The molecule has 0 bridgehead atoms. The van der Waals surface area contributed by atoms with Crippen LogP contribution in [0.4, 0.5) is 0 Å². The van der Waals surface area contributed by atoms with E-state index < -0.39 is 5.97 Å². The highest BCUT2D eigenvalue weighted by atomic mass is 16.4. The molecule has 2 aromatic rings. The fraction of sp³-hybridized carbons (Fsp3) is 0.273. The molecule has 0 aliphatic carbocycles. The predicted molar refractivity (Wildman–Crippen MR) is 56.1 cm³/mol. The standard InChI is InChI=1S/C11H12N2O2/c1-2-4-8-7-13-9(11(14)15)5-3-6-10(13)12-8/h3,5-7H,2,4H2,1H3,(H,14,15). The molecule has 78 valence electrons. The fourth-order valence-corrected chi connectivity index (χ4v) is 1.61. The van der Waals surface area contributed by atoms with E-state index in [0.29, 0.717) is 5.65 Å². The molecule has 0 unspecified atom stereocenters. The molecule has 2 aromatic heterocycles. The third-order valence-electron chi connectivity index (χ3n) is 2.27. The first-order valence-corrected chi connectivity index (χ1v) is 4.92. The van der Waals surface area contributed by atoms with Crippen molar-refractivity contribution >= 4 is 11.6 Å². The van der Waals surface area contributed by atoms with Gasteiger partial charge in [0.1, 0.15) is 11.3 Å². The van der Waals surface area contributed by atoms with Crippen LogP contribution in [0.1, 0.15) is 29.5 Å². The number of imidazole rings is 1. The molecule has 0 atom stereocenters. The van der Waals surface area contributed by atoms with Crippen molar-refractivity contribution in [1.29, 1.82) is 0 Å². The Kier molecular flexibility index (Phi) is 2.41. The summed E-state index contributed by atoms with van der Waals surface area (Å²) in [5.74, 6) is -0.930. The number of carbonyl (C=O) groups is 1. The molecule has 0 aliphatic rings. The molecule has 4 nitrogen and oxygen atoms in total. The summed E-state index contributed by atoms with van der Waals surface area (Å²) >= 11 is 0. The van der Waals surface area contributed by atoms with Crippen molar-refractivity contribution in [2.75, 3.05) is 0 Å². The van der Waals surface area contributed by atoms with E-state index in [9.17, 15) is 4.79 Å². The van der Waals surface area contributed by atoms with E-state index >= 15 is 0 Å². The Bertz CT molecular complexity index is 502. The van der Waals surface area contributed by atoms with Crippen LogP contribution in [-0.2, 0) is 6.42 Å². The van der Waals surface area contributed by atoms with E-state index in [-0.39, 0.29) is 5.69 Å². The van der Waals surface area contributed by atoms with Crippen LogP contribution >= 0.6 is 0 Å². The van der Waals surface area contributed by atoms with Gasteiger partial charge in [-0.25, -0.2) is 9.78 Å². The Morgan fingerprint density at radius 3 is 3.00 bits per heavy atom. The topological polar surface area (TPSA) is 54.6 Å². The highest BCUT2D eigenvalue weighted by Gasteiger charge is 2.09. The maximum atomic E-state index is 10.9. The number of aromatic nitrogens is 2. The van der Waals surface area contributed by atoms with Gasteiger partial charge in [0, 0.05) is 6.20 Å². The smallest absolute Gasteiger partial charge is 0.352 e. The number of fused-ring (bicyclic) bond motifs is 1. The van der Waals surface area contributed by atoms with Crippen LogP contribution in [0.25, 0.3) is 5.65 Å². The summed E-state index contributed by atoms with van der Waals surface area (Å²) < 4.78 is 1.62. The van der Waals surface area contributed by atoms with Gasteiger partial charge in [-0.15, -0.1) is 0 Å². The second-order valence-electron chi connectivity index (χ2n) is 3.43. The third-order valence-corrected chi connectivity index (χ3v) is 2.27. The number of hydrogen-bond donors (Lipinski definition) is 1. The van der Waals surface area contributed by atoms with Crippen molar-refractivity contribution in [1.82, 2.24) is 9.38 Å². The number of rotatable bonds is 3. The number of hydrogen-bond acceptors (Lipinski definition) is 2. The monoisotopic (exact) mass is 204 g/mol. The SMILES string of the molecule is CCCc1cn2c(C(=O)O)cccc2n1. The second kappa shape index (κ2) is 3.73. The van der Waals surface area contributed by atoms with E-state index in [2.05, 4.69) is 11.9 Å². The summed E-state index contributed by atoms with van der Waals surface area (Å²) in [5, 5.41) is 8.97. The highest BCUT2D eigenvalue weighted by molar-refractivity contribution is 5.86. The number of carboxylic acid groups (broad SMARTS) is 1. The van der Waals surface area contributed by atoms with E-state index in [0.717, 1.165) is 18.5 Å². The van der Waals surface area contributed by atoms with E-state index in [1.807, 2.05) is 6.07 Å². The number of aryl methyl sites for hydroxylation is 1. The molecular formula is C11H12N2O2. The molecule has 1 N–H and O–H groups in total. The number of carboxylic acids is 1. The Balaban J connectivity index is 2.59. The van der Waals surface area contributed by atoms with Crippen LogP contribution in [0.3, 0.4) is 0 Å². The van der Waals surface area contributed by atoms with Crippen molar-refractivity contribution < 1.29 is 9.90 Å². The van der Waals surface area contributed by atoms with Gasteiger partial charge in [0.2, 0.25) is 0 Å². The Labute approximate surface area is 87.2 Å². The summed E-state index contributed by atoms with van der Waals surface area (Å²) in [4.78, 5) is 15.3. The Morgan fingerprint density at radius 2 is 2.33 bits per heavy atom. The summed E-state index contributed by atoms with van der Waals surface area (Å²) in [6.07, 6.45) is 3.68. The fourth-order valence-electron chi connectivity index (χ4n) is 1.61. The van der Waals surface area contributed by atoms with Gasteiger partial charge in [-0.2, -0.15) is 0 Å². The van der Waals surface area contributed by atoms with Gasteiger partial charge in [0.25, 0.3) is 0 Å². The predicted octanol–water partition coefficient (Wildman–Crippen LogP) is 1.99. The molecule has 0 saturated carbocycles. The van der Waals surface area contributed by atoms with Gasteiger partial charge in [-0.1, -0.05) is 19.4 Å². The average Bonchev–Trinajstić information content (AvgIpc) is 2.59. The zero-order valence-corrected chi connectivity index (χ0v) is 8.47. The van der Waals surface area contributed by atoms with E-state index in [1.165, 1.54) is 0 Å². The van der Waals surface area contributed by atoms with Crippen LogP contribution < -0.4 is 0 Å². The minimum atomic E-state index is -0.930. The van der Waals surface area contributed by atoms with Gasteiger partial charge >= 0.3 is 5.97 Å². The quantitative estimate of drug-likeness (QED) is 0.831. The van der Waals surface area contributed by atoms with Crippen molar-refractivity contribution in [3.8, 4) is 0 Å². The molecule has 0 aliphatic heterocycles. The molecular weight excluding hydrogens is 192 g/mol. The lowest BCUT2D eigenvalue weighted by Crippen LogP contribution is -2.03. The summed E-state index contributed by atoms with van der Waals surface area (Å²) in [5.41, 5.74) is 1.88. The third kappa shape index (κ3) is 1.70. The van der Waals surface area contributed by atoms with Crippen LogP contribution in [-0.4, -0.2) is 20.5 Å². The zero-order chi connectivity index (χ0) is 10.8. The molecule has 0 spiro atoms. The second-order valence-corrected chi connectivity index (χ2v) is 3.43. The molecule has 2 rings (SSSR count). The summed E-state index contributed by atoms with van der Waals surface area (Å²) in [6.45, 7) is 2.07.